The van der Waals surface area contributed by atoms with E-state index in [1.807, 2.05) is 0 Å². The van der Waals surface area contributed by atoms with Crippen LogP contribution in [0, 0.1) is 5.92 Å². The number of rotatable bonds is 3. The minimum Gasteiger partial charge on any atom is -0.357 e. The summed E-state index contributed by atoms with van der Waals surface area (Å²) in [6.07, 6.45) is 5.25. The van der Waals surface area contributed by atoms with Crippen molar-refractivity contribution >= 4 is 5.82 Å². The SMILES string of the molecule is CC1CCCC(N(C)c2cc(CN)cc(C(C)(C)C)n2)C1. The molecule has 0 radical (unpaired) electrons. The minimum atomic E-state index is 0.0562. The molecular formula is C18H31N3. The van der Waals surface area contributed by atoms with Gasteiger partial charge in [-0.3, -0.25) is 0 Å². The molecule has 2 unspecified atom stereocenters. The summed E-state index contributed by atoms with van der Waals surface area (Å²) >= 11 is 0. The first-order valence-electron chi connectivity index (χ1n) is 8.25. The van der Waals surface area contributed by atoms with Crippen LogP contribution in [0.15, 0.2) is 12.1 Å². The number of hydrogen-bond acceptors (Lipinski definition) is 3. The van der Waals surface area contributed by atoms with Crippen LogP contribution in [0.4, 0.5) is 5.82 Å². The summed E-state index contributed by atoms with van der Waals surface area (Å²) in [5.41, 5.74) is 8.26. The summed E-state index contributed by atoms with van der Waals surface area (Å²) in [5, 5.41) is 0. The molecule has 1 saturated carbocycles. The standard InChI is InChI=1S/C18H31N3/c1-13-7-6-8-15(9-13)21(5)17-11-14(12-19)10-16(20-17)18(2,3)4/h10-11,13,15H,6-9,12,19H2,1-5H3. The van der Waals surface area contributed by atoms with Gasteiger partial charge in [-0.2, -0.15) is 0 Å². The van der Waals surface area contributed by atoms with Gasteiger partial charge in [0.15, 0.2) is 0 Å². The van der Waals surface area contributed by atoms with Gasteiger partial charge in [0.05, 0.1) is 0 Å². The molecule has 21 heavy (non-hydrogen) atoms. The number of hydrogen-bond donors (Lipinski definition) is 1. The Morgan fingerprint density at radius 1 is 1.29 bits per heavy atom. The fourth-order valence-electron chi connectivity index (χ4n) is 3.19. The largest absolute Gasteiger partial charge is 0.357 e. The van der Waals surface area contributed by atoms with Crippen LogP contribution in [0.2, 0.25) is 0 Å². The molecule has 3 nitrogen and oxygen atoms in total. The summed E-state index contributed by atoms with van der Waals surface area (Å²) in [6, 6.07) is 4.93. The first-order valence-corrected chi connectivity index (χ1v) is 8.25. The van der Waals surface area contributed by atoms with E-state index in [-0.39, 0.29) is 5.41 Å². The lowest BCUT2D eigenvalue weighted by Crippen LogP contribution is -2.36. The zero-order chi connectivity index (χ0) is 15.6. The molecule has 3 heteroatoms. The maximum atomic E-state index is 5.89. The zero-order valence-electron chi connectivity index (χ0n) is 14.3. The minimum absolute atomic E-state index is 0.0562. The molecule has 1 fully saturated rings. The second kappa shape index (κ2) is 6.35. The Kier molecular flexibility index (Phi) is 4.92. The van der Waals surface area contributed by atoms with Crippen LogP contribution < -0.4 is 10.6 Å². The van der Waals surface area contributed by atoms with Crippen molar-refractivity contribution in [3.05, 3.63) is 23.4 Å². The maximum absolute atomic E-state index is 5.89. The lowest BCUT2D eigenvalue weighted by Gasteiger charge is -2.35. The second-order valence-electron chi connectivity index (χ2n) is 7.71. The second-order valence-corrected chi connectivity index (χ2v) is 7.71. The van der Waals surface area contributed by atoms with E-state index in [0.29, 0.717) is 12.6 Å². The van der Waals surface area contributed by atoms with E-state index < -0.39 is 0 Å². The van der Waals surface area contributed by atoms with Crippen molar-refractivity contribution in [1.29, 1.82) is 0 Å². The molecule has 1 aromatic heterocycles. The molecule has 2 rings (SSSR count). The van der Waals surface area contributed by atoms with Crippen LogP contribution in [0.25, 0.3) is 0 Å². The predicted octanol–water partition coefficient (Wildman–Crippen LogP) is 3.85. The van der Waals surface area contributed by atoms with Crippen LogP contribution in [0.3, 0.4) is 0 Å². The van der Waals surface area contributed by atoms with Crippen molar-refractivity contribution in [3.8, 4) is 0 Å². The Labute approximate surface area is 129 Å². The summed E-state index contributed by atoms with van der Waals surface area (Å²) in [4.78, 5) is 7.30. The van der Waals surface area contributed by atoms with E-state index in [1.165, 1.54) is 31.2 Å². The number of nitrogens with zero attached hydrogens (tertiary/aromatic N) is 2. The molecule has 0 saturated heterocycles. The molecule has 1 aromatic rings. The van der Waals surface area contributed by atoms with Gasteiger partial charge in [-0.15, -0.1) is 0 Å². The number of anilines is 1. The monoisotopic (exact) mass is 289 g/mol. The van der Waals surface area contributed by atoms with Gasteiger partial charge in [-0.25, -0.2) is 4.98 Å². The van der Waals surface area contributed by atoms with Gasteiger partial charge >= 0.3 is 0 Å². The highest BCUT2D eigenvalue weighted by molar-refractivity contribution is 5.44. The van der Waals surface area contributed by atoms with E-state index in [4.69, 9.17) is 10.7 Å². The molecule has 2 N–H and O–H groups in total. The third kappa shape index (κ3) is 3.97. The van der Waals surface area contributed by atoms with Gasteiger partial charge in [0, 0.05) is 30.7 Å². The molecule has 1 heterocycles. The molecule has 0 aliphatic heterocycles. The third-order valence-corrected chi connectivity index (χ3v) is 4.69. The summed E-state index contributed by atoms with van der Waals surface area (Å²) in [6.45, 7) is 9.57. The normalized spacial score (nSPS) is 23.1. The predicted molar refractivity (Wildman–Crippen MR) is 90.7 cm³/mol. The van der Waals surface area contributed by atoms with Crippen LogP contribution >= 0.6 is 0 Å². The van der Waals surface area contributed by atoms with Gasteiger partial charge in [0.25, 0.3) is 0 Å². The molecule has 0 spiro atoms. The Bertz CT molecular complexity index is 476. The van der Waals surface area contributed by atoms with Crippen molar-refractivity contribution in [2.24, 2.45) is 11.7 Å². The number of pyridine rings is 1. The third-order valence-electron chi connectivity index (χ3n) is 4.69. The molecule has 118 valence electrons. The van der Waals surface area contributed by atoms with Gasteiger partial charge in [0.1, 0.15) is 5.82 Å². The van der Waals surface area contributed by atoms with Crippen LogP contribution in [-0.4, -0.2) is 18.1 Å². The van der Waals surface area contributed by atoms with Crippen molar-refractivity contribution in [2.45, 2.75) is 71.4 Å². The molecule has 2 atom stereocenters. The Hall–Kier alpha value is -1.09. The van der Waals surface area contributed by atoms with E-state index in [2.05, 4.69) is 51.8 Å². The summed E-state index contributed by atoms with van der Waals surface area (Å²) in [7, 11) is 2.19. The molecule has 0 bridgehead atoms. The smallest absolute Gasteiger partial charge is 0.129 e. The van der Waals surface area contributed by atoms with Crippen LogP contribution in [-0.2, 0) is 12.0 Å². The maximum Gasteiger partial charge on any atom is 0.129 e. The summed E-state index contributed by atoms with van der Waals surface area (Å²) < 4.78 is 0. The van der Waals surface area contributed by atoms with Crippen molar-refractivity contribution in [3.63, 3.8) is 0 Å². The molecular weight excluding hydrogens is 258 g/mol. The topological polar surface area (TPSA) is 42.1 Å². The lowest BCUT2D eigenvalue weighted by molar-refractivity contribution is 0.335. The van der Waals surface area contributed by atoms with Crippen LogP contribution in [0.1, 0.15) is 64.6 Å². The zero-order valence-corrected chi connectivity index (χ0v) is 14.3. The highest BCUT2D eigenvalue weighted by atomic mass is 15.2. The molecule has 0 aromatic carbocycles. The van der Waals surface area contributed by atoms with Crippen molar-refractivity contribution < 1.29 is 0 Å². The molecule has 0 amide bonds. The van der Waals surface area contributed by atoms with Crippen molar-refractivity contribution in [1.82, 2.24) is 4.98 Å². The highest BCUT2D eigenvalue weighted by Gasteiger charge is 2.25. The summed E-state index contributed by atoms with van der Waals surface area (Å²) in [5.74, 6) is 1.91. The first-order chi connectivity index (χ1) is 9.81. The highest BCUT2D eigenvalue weighted by Crippen LogP contribution is 2.30. The molecule has 1 aliphatic carbocycles. The fraction of sp³-hybridized carbons (Fsp3) is 0.722. The molecule has 1 aliphatic rings. The Morgan fingerprint density at radius 3 is 2.57 bits per heavy atom. The fourth-order valence-corrected chi connectivity index (χ4v) is 3.19. The quantitative estimate of drug-likeness (QED) is 0.919. The van der Waals surface area contributed by atoms with Crippen LogP contribution in [0.5, 0.6) is 0 Å². The van der Waals surface area contributed by atoms with Gasteiger partial charge in [0.2, 0.25) is 0 Å². The van der Waals surface area contributed by atoms with E-state index in [0.717, 1.165) is 17.4 Å². The van der Waals surface area contributed by atoms with E-state index in [9.17, 15) is 0 Å². The van der Waals surface area contributed by atoms with Gasteiger partial charge in [-0.1, -0.05) is 40.5 Å². The first kappa shape index (κ1) is 16.3. The lowest BCUT2D eigenvalue weighted by atomic mass is 9.86. The van der Waals surface area contributed by atoms with Gasteiger partial charge in [-0.05, 0) is 36.5 Å². The number of nitrogens with two attached hydrogens (primary N) is 1. The average molecular weight is 289 g/mol. The van der Waals surface area contributed by atoms with Gasteiger partial charge < -0.3 is 10.6 Å². The Balaban J connectivity index is 2.29. The number of aromatic nitrogens is 1. The van der Waals surface area contributed by atoms with Crippen molar-refractivity contribution in [2.75, 3.05) is 11.9 Å². The average Bonchev–Trinajstić information content (AvgIpc) is 2.45. The van der Waals surface area contributed by atoms with E-state index in [1.54, 1.807) is 0 Å². The van der Waals surface area contributed by atoms with E-state index >= 15 is 0 Å². The Morgan fingerprint density at radius 2 is 2.00 bits per heavy atom.